The Labute approximate surface area is 105 Å². The maximum absolute atomic E-state index is 11.9. The first-order valence-corrected chi connectivity index (χ1v) is 8.20. The number of hydrogen-bond donors (Lipinski definition) is 2. The van der Waals surface area contributed by atoms with E-state index in [9.17, 15) is 8.42 Å². The van der Waals surface area contributed by atoms with Crippen LogP contribution in [0.1, 0.15) is 32.6 Å². The smallest absolute Gasteiger partial charge is 0.215 e. The molecule has 0 aliphatic heterocycles. The second-order valence-corrected chi connectivity index (χ2v) is 7.88. The predicted octanol–water partition coefficient (Wildman–Crippen LogP) is 0.950. The zero-order valence-electron chi connectivity index (χ0n) is 10.8. The Morgan fingerprint density at radius 1 is 1.29 bits per heavy atom. The first-order chi connectivity index (χ1) is 8.03. The van der Waals surface area contributed by atoms with Crippen LogP contribution in [0.3, 0.4) is 0 Å². The van der Waals surface area contributed by atoms with Crippen LogP contribution in [0.15, 0.2) is 0 Å². The van der Waals surface area contributed by atoms with Gasteiger partial charge in [0.2, 0.25) is 10.0 Å². The van der Waals surface area contributed by atoms with E-state index < -0.39 is 10.0 Å². The Bertz CT molecular complexity index is 356. The van der Waals surface area contributed by atoms with Crippen LogP contribution in [0.25, 0.3) is 0 Å². The monoisotopic (exact) mass is 260 g/mol. The van der Waals surface area contributed by atoms with Gasteiger partial charge in [-0.05, 0) is 51.0 Å². The van der Waals surface area contributed by atoms with Crippen LogP contribution in [0, 0.1) is 17.8 Å². The molecule has 0 aromatic carbocycles. The molecule has 2 fully saturated rings. The third-order valence-electron chi connectivity index (χ3n) is 4.45. The van der Waals surface area contributed by atoms with Crippen molar-refractivity contribution >= 4 is 10.0 Å². The molecule has 0 aromatic rings. The van der Waals surface area contributed by atoms with Crippen molar-refractivity contribution in [3.05, 3.63) is 0 Å². The summed E-state index contributed by atoms with van der Waals surface area (Å²) in [5.41, 5.74) is 0. The molecule has 4 nitrogen and oxygen atoms in total. The van der Waals surface area contributed by atoms with Crippen molar-refractivity contribution in [2.75, 3.05) is 20.1 Å². The number of rotatable bonds is 6. The van der Waals surface area contributed by atoms with E-state index in [1.165, 1.54) is 25.7 Å². The molecule has 4 atom stereocenters. The lowest BCUT2D eigenvalue weighted by molar-refractivity contribution is 0.332. The van der Waals surface area contributed by atoms with Gasteiger partial charge in [-0.1, -0.05) is 6.42 Å². The van der Waals surface area contributed by atoms with Crippen molar-refractivity contribution in [2.24, 2.45) is 17.8 Å². The fourth-order valence-electron chi connectivity index (χ4n) is 3.39. The minimum Gasteiger partial charge on any atom is -0.318 e. The minimum atomic E-state index is -3.14. The summed E-state index contributed by atoms with van der Waals surface area (Å²) in [5.74, 6) is 2.25. The van der Waals surface area contributed by atoms with E-state index in [1.54, 1.807) is 14.0 Å². The van der Waals surface area contributed by atoms with E-state index in [0.717, 1.165) is 11.8 Å². The highest BCUT2D eigenvalue weighted by Gasteiger charge is 2.39. The Morgan fingerprint density at radius 2 is 2.06 bits per heavy atom. The van der Waals surface area contributed by atoms with E-state index in [1.807, 2.05) is 0 Å². The number of sulfonamides is 1. The van der Waals surface area contributed by atoms with Gasteiger partial charge in [-0.3, -0.25) is 0 Å². The van der Waals surface area contributed by atoms with Crippen molar-refractivity contribution < 1.29 is 8.42 Å². The van der Waals surface area contributed by atoms with Gasteiger partial charge < -0.3 is 5.32 Å². The van der Waals surface area contributed by atoms with Gasteiger partial charge in [-0.25, -0.2) is 13.1 Å². The number of hydrogen-bond acceptors (Lipinski definition) is 3. The molecule has 0 spiro atoms. The SMILES string of the molecule is CNCC(C)S(=O)(=O)NCC1CC2CCC1C2. The highest BCUT2D eigenvalue weighted by atomic mass is 32.2. The normalized spacial score (nSPS) is 34.1. The van der Waals surface area contributed by atoms with Gasteiger partial charge >= 0.3 is 0 Å². The van der Waals surface area contributed by atoms with E-state index in [4.69, 9.17) is 0 Å². The molecule has 0 aromatic heterocycles. The molecule has 2 rings (SSSR count). The van der Waals surface area contributed by atoms with Crippen molar-refractivity contribution in [3.8, 4) is 0 Å². The van der Waals surface area contributed by atoms with Crippen molar-refractivity contribution in [2.45, 2.75) is 37.9 Å². The van der Waals surface area contributed by atoms with E-state index in [-0.39, 0.29) is 5.25 Å². The van der Waals surface area contributed by atoms with Crippen LogP contribution in [-0.4, -0.2) is 33.8 Å². The molecule has 5 heteroatoms. The molecule has 2 bridgehead atoms. The van der Waals surface area contributed by atoms with Gasteiger partial charge in [-0.2, -0.15) is 0 Å². The highest BCUT2D eigenvalue weighted by Crippen LogP contribution is 2.47. The quantitative estimate of drug-likeness (QED) is 0.747. The molecule has 2 aliphatic rings. The van der Waals surface area contributed by atoms with Gasteiger partial charge in [0.05, 0.1) is 5.25 Å². The van der Waals surface area contributed by atoms with Crippen LogP contribution in [0.4, 0.5) is 0 Å². The maximum Gasteiger partial charge on any atom is 0.215 e. The molecule has 0 saturated heterocycles. The fourth-order valence-corrected chi connectivity index (χ4v) is 4.51. The third kappa shape index (κ3) is 3.01. The van der Waals surface area contributed by atoms with Crippen molar-refractivity contribution in [1.82, 2.24) is 10.0 Å². The molecule has 2 N–H and O–H groups in total. The zero-order chi connectivity index (χ0) is 12.5. The lowest BCUT2D eigenvalue weighted by Crippen LogP contribution is -2.40. The molecule has 17 heavy (non-hydrogen) atoms. The average Bonchev–Trinajstić information content (AvgIpc) is 2.88. The first kappa shape index (κ1) is 13.3. The standard InChI is InChI=1S/C12H24N2O2S/c1-9(7-13-2)17(15,16)14-8-12-6-10-3-4-11(12)5-10/h9-14H,3-8H2,1-2H3. The van der Waals surface area contributed by atoms with Crippen LogP contribution in [-0.2, 0) is 10.0 Å². The van der Waals surface area contributed by atoms with Crippen LogP contribution in [0.2, 0.25) is 0 Å². The highest BCUT2D eigenvalue weighted by molar-refractivity contribution is 7.90. The average molecular weight is 260 g/mol. The molecule has 0 heterocycles. The molecular weight excluding hydrogens is 236 g/mol. The zero-order valence-corrected chi connectivity index (χ0v) is 11.6. The molecular formula is C12H24N2O2S. The van der Waals surface area contributed by atoms with Crippen LogP contribution >= 0.6 is 0 Å². The number of fused-ring (bicyclic) bond motifs is 2. The topological polar surface area (TPSA) is 58.2 Å². The Morgan fingerprint density at radius 3 is 2.59 bits per heavy atom. The molecule has 2 saturated carbocycles. The summed E-state index contributed by atoms with van der Waals surface area (Å²) in [4.78, 5) is 0. The minimum absolute atomic E-state index is 0.355. The lowest BCUT2D eigenvalue weighted by atomic mass is 9.89. The van der Waals surface area contributed by atoms with Gasteiger partial charge in [0, 0.05) is 13.1 Å². The van der Waals surface area contributed by atoms with Crippen LogP contribution < -0.4 is 10.0 Å². The van der Waals surface area contributed by atoms with Crippen LogP contribution in [0.5, 0.6) is 0 Å². The van der Waals surface area contributed by atoms with Gasteiger partial charge in [0.15, 0.2) is 0 Å². The van der Waals surface area contributed by atoms with Crippen molar-refractivity contribution in [1.29, 1.82) is 0 Å². The first-order valence-electron chi connectivity index (χ1n) is 6.66. The molecule has 2 aliphatic carbocycles. The van der Waals surface area contributed by atoms with Gasteiger partial charge in [-0.15, -0.1) is 0 Å². The third-order valence-corrected chi connectivity index (χ3v) is 6.25. The lowest BCUT2D eigenvalue weighted by Gasteiger charge is -2.23. The second-order valence-electron chi connectivity index (χ2n) is 5.70. The maximum atomic E-state index is 11.9. The van der Waals surface area contributed by atoms with E-state index >= 15 is 0 Å². The molecule has 0 radical (unpaired) electrons. The largest absolute Gasteiger partial charge is 0.318 e. The molecule has 0 amide bonds. The predicted molar refractivity (Wildman–Crippen MR) is 69.2 cm³/mol. The number of nitrogens with one attached hydrogen (secondary N) is 2. The fraction of sp³-hybridized carbons (Fsp3) is 1.00. The van der Waals surface area contributed by atoms with E-state index in [0.29, 0.717) is 19.0 Å². The Hall–Kier alpha value is -0.130. The summed E-state index contributed by atoms with van der Waals surface area (Å²) in [5, 5.41) is 2.55. The Balaban J connectivity index is 1.81. The summed E-state index contributed by atoms with van der Waals surface area (Å²) in [6.45, 7) is 2.91. The van der Waals surface area contributed by atoms with Gasteiger partial charge in [0.25, 0.3) is 0 Å². The second kappa shape index (κ2) is 5.24. The molecule has 4 unspecified atom stereocenters. The van der Waals surface area contributed by atoms with Crippen molar-refractivity contribution in [3.63, 3.8) is 0 Å². The summed E-state index contributed by atoms with van der Waals surface area (Å²) >= 11 is 0. The summed E-state index contributed by atoms with van der Waals surface area (Å²) in [7, 11) is -1.36. The Kier molecular flexibility index (Phi) is 4.10. The summed E-state index contributed by atoms with van der Waals surface area (Å²) < 4.78 is 26.7. The summed E-state index contributed by atoms with van der Waals surface area (Å²) in [6.07, 6.45) is 5.24. The summed E-state index contributed by atoms with van der Waals surface area (Å²) in [6, 6.07) is 0. The van der Waals surface area contributed by atoms with Gasteiger partial charge in [0.1, 0.15) is 0 Å². The molecule has 100 valence electrons. The van der Waals surface area contributed by atoms with E-state index in [2.05, 4.69) is 10.0 Å².